The standard InChI is InChI=1S/C17H35N3O/c1-6-11-16-18-15(7-2)17(21)20(16)14(5)12-10-13-19(8-3)9-4/h14-16,18H,6-13H2,1-5H3. The van der Waals surface area contributed by atoms with E-state index in [1.807, 2.05) is 0 Å². The topological polar surface area (TPSA) is 35.6 Å². The minimum atomic E-state index is 0.0341. The summed E-state index contributed by atoms with van der Waals surface area (Å²) in [5.74, 6) is 0.311. The molecule has 1 saturated heterocycles. The molecule has 0 aromatic heterocycles. The van der Waals surface area contributed by atoms with Gasteiger partial charge in [0.05, 0.1) is 12.2 Å². The van der Waals surface area contributed by atoms with E-state index in [1.54, 1.807) is 0 Å². The van der Waals surface area contributed by atoms with Crippen LogP contribution in [0.1, 0.15) is 66.7 Å². The molecule has 1 N–H and O–H groups in total. The molecule has 0 aliphatic carbocycles. The highest BCUT2D eigenvalue weighted by atomic mass is 16.2. The van der Waals surface area contributed by atoms with Crippen molar-refractivity contribution in [2.24, 2.45) is 0 Å². The van der Waals surface area contributed by atoms with Gasteiger partial charge in [0, 0.05) is 6.04 Å². The first-order chi connectivity index (χ1) is 10.1. The van der Waals surface area contributed by atoms with Gasteiger partial charge in [0.15, 0.2) is 0 Å². The Morgan fingerprint density at radius 2 is 1.90 bits per heavy atom. The van der Waals surface area contributed by atoms with E-state index in [9.17, 15) is 4.79 Å². The monoisotopic (exact) mass is 297 g/mol. The van der Waals surface area contributed by atoms with Crippen LogP contribution in [0.25, 0.3) is 0 Å². The number of amides is 1. The molecule has 0 spiro atoms. The van der Waals surface area contributed by atoms with E-state index >= 15 is 0 Å². The van der Waals surface area contributed by atoms with Crippen molar-refractivity contribution in [1.82, 2.24) is 15.1 Å². The van der Waals surface area contributed by atoms with Crippen molar-refractivity contribution in [3.05, 3.63) is 0 Å². The van der Waals surface area contributed by atoms with E-state index in [-0.39, 0.29) is 12.2 Å². The largest absolute Gasteiger partial charge is 0.323 e. The van der Waals surface area contributed by atoms with E-state index in [2.05, 4.69) is 49.7 Å². The fraction of sp³-hybridized carbons (Fsp3) is 0.941. The third-order valence-corrected chi connectivity index (χ3v) is 4.72. The van der Waals surface area contributed by atoms with Crippen LogP contribution in [-0.2, 0) is 4.79 Å². The average molecular weight is 297 g/mol. The van der Waals surface area contributed by atoms with E-state index < -0.39 is 0 Å². The molecule has 4 nitrogen and oxygen atoms in total. The van der Waals surface area contributed by atoms with Crippen LogP contribution < -0.4 is 5.32 Å². The van der Waals surface area contributed by atoms with Crippen LogP contribution in [0, 0.1) is 0 Å². The van der Waals surface area contributed by atoms with Gasteiger partial charge in [-0.3, -0.25) is 10.1 Å². The maximum atomic E-state index is 12.5. The number of carbonyl (C=O) groups excluding carboxylic acids is 1. The van der Waals surface area contributed by atoms with Crippen LogP contribution in [0.2, 0.25) is 0 Å². The smallest absolute Gasteiger partial charge is 0.241 e. The molecule has 1 amide bonds. The molecule has 3 unspecified atom stereocenters. The lowest BCUT2D eigenvalue weighted by Gasteiger charge is -2.31. The molecule has 4 heteroatoms. The Bertz CT molecular complexity index is 304. The number of nitrogens with one attached hydrogen (secondary N) is 1. The van der Waals surface area contributed by atoms with Crippen molar-refractivity contribution in [3.63, 3.8) is 0 Å². The highest BCUT2D eigenvalue weighted by Crippen LogP contribution is 2.22. The molecule has 1 fully saturated rings. The molecule has 1 rings (SSSR count). The van der Waals surface area contributed by atoms with E-state index in [4.69, 9.17) is 0 Å². The second-order valence-electron chi connectivity index (χ2n) is 6.20. The SMILES string of the molecule is CCCC1NC(CC)C(=O)N1C(C)CCCN(CC)CC. The normalized spacial score (nSPS) is 24.1. The van der Waals surface area contributed by atoms with Gasteiger partial charge in [0.2, 0.25) is 5.91 Å². The highest BCUT2D eigenvalue weighted by molar-refractivity contribution is 5.84. The molecular weight excluding hydrogens is 262 g/mol. The second-order valence-corrected chi connectivity index (χ2v) is 6.20. The first-order valence-corrected chi connectivity index (χ1v) is 8.89. The first kappa shape index (κ1) is 18.4. The quantitative estimate of drug-likeness (QED) is 0.673. The molecule has 1 aliphatic heterocycles. The van der Waals surface area contributed by atoms with E-state index in [1.165, 1.54) is 6.42 Å². The van der Waals surface area contributed by atoms with Gasteiger partial charge in [0.1, 0.15) is 0 Å². The molecule has 0 aromatic carbocycles. The maximum Gasteiger partial charge on any atom is 0.241 e. The molecule has 0 saturated carbocycles. The summed E-state index contributed by atoms with van der Waals surface area (Å²) in [5, 5.41) is 3.51. The zero-order valence-electron chi connectivity index (χ0n) is 14.7. The van der Waals surface area contributed by atoms with Crippen LogP contribution in [0.5, 0.6) is 0 Å². The van der Waals surface area contributed by atoms with Crippen molar-refractivity contribution in [3.8, 4) is 0 Å². The lowest BCUT2D eigenvalue weighted by molar-refractivity contribution is -0.132. The van der Waals surface area contributed by atoms with Gasteiger partial charge < -0.3 is 9.80 Å². The van der Waals surface area contributed by atoms with Gasteiger partial charge in [-0.1, -0.05) is 34.1 Å². The number of hydrogen-bond donors (Lipinski definition) is 1. The summed E-state index contributed by atoms with van der Waals surface area (Å²) in [5.41, 5.74) is 0. The molecule has 1 heterocycles. The van der Waals surface area contributed by atoms with Crippen molar-refractivity contribution < 1.29 is 4.79 Å². The molecule has 0 aromatic rings. The van der Waals surface area contributed by atoms with Gasteiger partial charge in [-0.2, -0.15) is 0 Å². The number of rotatable bonds is 10. The summed E-state index contributed by atoms with van der Waals surface area (Å²) in [6.45, 7) is 14.3. The van der Waals surface area contributed by atoms with Crippen molar-refractivity contribution in [2.75, 3.05) is 19.6 Å². The Morgan fingerprint density at radius 1 is 1.24 bits per heavy atom. The summed E-state index contributed by atoms with van der Waals surface area (Å²) in [7, 11) is 0. The molecule has 124 valence electrons. The molecular formula is C17H35N3O. The predicted octanol–water partition coefficient (Wildman–Crippen LogP) is 2.83. The number of nitrogens with zero attached hydrogens (tertiary/aromatic N) is 2. The van der Waals surface area contributed by atoms with Crippen molar-refractivity contribution in [1.29, 1.82) is 0 Å². The lowest BCUT2D eigenvalue weighted by atomic mass is 10.1. The fourth-order valence-corrected chi connectivity index (χ4v) is 3.32. The van der Waals surface area contributed by atoms with Crippen LogP contribution >= 0.6 is 0 Å². The Labute approximate surface area is 131 Å². The highest BCUT2D eigenvalue weighted by Gasteiger charge is 2.39. The first-order valence-electron chi connectivity index (χ1n) is 8.89. The van der Waals surface area contributed by atoms with Crippen molar-refractivity contribution in [2.45, 2.75) is 85.0 Å². The Morgan fingerprint density at radius 3 is 2.43 bits per heavy atom. The van der Waals surface area contributed by atoms with Crippen LogP contribution in [0.15, 0.2) is 0 Å². The molecule has 0 radical (unpaired) electrons. The van der Waals surface area contributed by atoms with Gasteiger partial charge in [-0.15, -0.1) is 0 Å². The van der Waals surface area contributed by atoms with Crippen molar-refractivity contribution >= 4 is 5.91 Å². The molecule has 1 aliphatic rings. The number of hydrogen-bond acceptors (Lipinski definition) is 3. The fourth-order valence-electron chi connectivity index (χ4n) is 3.32. The third kappa shape index (κ3) is 4.96. The summed E-state index contributed by atoms with van der Waals surface area (Å²) in [6.07, 6.45) is 5.58. The zero-order chi connectivity index (χ0) is 15.8. The maximum absolute atomic E-state index is 12.5. The zero-order valence-corrected chi connectivity index (χ0v) is 14.7. The Hall–Kier alpha value is -0.610. The summed E-state index contributed by atoms with van der Waals surface area (Å²) in [6, 6.07) is 0.375. The summed E-state index contributed by atoms with van der Waals surface area (Å²) >= 11 is 0. The minimum Gasteiger partial charge on any atom is -0.323 e. The Kier molecular flexibility index (Phi) is 8.27. The molecule has 21 heavy (non-hydrogen) atoms. The van der Waals surface area contributed by atoms with E-state index in [0.717, 1.165) is 45.3 Å². The third-order valence-electron chi connectivity index (χ3n) is 4.72. The number of carbonyl (C=O) groups is 1. The Balaban J connectivity index is 2.53. The lowest BCUT2D eigenvalue weighted by Crippen LogP contribution is -2.43. The average Bonchev–Trinajstić information content (AvgIpc) is 2.80. The summed E-state index contributed by atoms with van der Waals surface area (Å²) < 4.78 is 0. The molecule has 3 atom stereocenters. The second kappa shape index (κ2) is 9.42. The van der Waals surface area contributed by atoms with Gasteiger partial charge >= 0.3 is 0 Å². The van der Waals surface area contributed by atoms with E-state index in [0.29, 0.717) is 11.9 Å². The van der Waals surface area contributed by atoms with Crippen LogP contribution in [0.3, 0.4) is 0 Å². The van der Waals surface area contributed by atoms with Crippen LogP contribution in [-0.4, -0.2) is 53.6 Å². The van der Waals surface area contributed by atoms with Gasteiger partial charge in [-0.25, -0.2) is 0 Å². The summed E-state index contributed by atoms with van der Waals surface area (Å²) in [4.78, 5) is 17.1. The molecule has 0 bridgehead atoms. The van der Waals surface area contributed by atoms with Gasteiger partial charge in [0.25, 0.3) is 0 Å². The van der Waals surface area contributed by atoms with Gasteiger partial charge in [-0.05, 0) is 52.2 Å². The predicted molar refractivity (Wildman–Crippen MR) is 89.2 cm³/mol. The van der Waals surface area contributed by atoms with Crippen LogP contribution in [0.4, 0.5) is 0 Å². The minimum absolute atomic E-state index is 0.0341.